The van der Waals surface area contributed by atoms with E-state index in [1.54, 1.807) is 0 Å². The van der Waals surface area contributed by atoms with Gasteiger partial charge in [-0.25, -0.2) is 0 Å². The molecular weight excluding hydrogens is 418 g/mol. The summed E-state index contributed by atoms with van der Waals surface area (Å²) in [6, 6.07) is 10.4. The van der Waals surface area contributed by atoms with E-state index in [9.17, 15) is 4.79 Å². The van der Waals surface area contributed by atoms with Crippen molar-refractivity contribution in [2.75, 3.05) is 25.1 Å². The Labute approximate surface area is 194 Å². The van der Waals surface area contributed by atoms with Gasteiger partial charge in [0.15, 0.2) is 5.79 Å². The number of hydrogen-bond acceptors (Lipinski definition) is 5. The lowest BCUT2D eigenvalue weighted by atomic mass is 9.84. The highest BCUT2D eigenvalue weighted by molar-refractivity contribution is 5.73. The first-order chi connectivity index (χ1) is 15.9. The number of rotatable bonds is 6. The number of carboxylic acid groups (broad SMARTS) is 1. The molecule has 2 heterocycles. The first-order valence-electron chi connectivity index (χ1n) is 11.7. The number of aliphatic carboxylic acids is 1. The van der Waals surface area contributed by atoms with E-state index in [2.05, 4.69) is 37.4 Å². The van der Waals surface area contributed by atoms with Gasteiger partial charge in [0.05, 0.1) is 26.2 Å². The highest BCUT2D eigenvalue weighted by Crippen LogP contribution is 2.41. The molecule has 2 N–H and O–H groups in total. The lowest BCUT2D eigenvalue weighted by Gasteiger charge is -2.31. The zero-order valence-corrected chi connectivity index (χ0v) is 19.3. The number of nitrogens with one attached hydrogen (secondary N) is 1. The summed E-state index contributed by atoms with van der Waals surface area (Å²) in [5, 5.41) is 12.6. The molecule has 1 spiro atoms. The third kappa shape index (κ3) is 4.37. The average molecular weight is 450 g/mol. The van der Waals surface area contributed by atoms with Gasteiger partial charge >= 0.3 is 5.97 Å². The van der Waals surface area contributed by atoms with Gasteiger partial charge in [0.25, 0.3) is 0 Å². The van der Waals surface area contributed by atoms with Crippen molar-refractivity contribution in [3.63, 3.8) is 0 Å². The van der Waals surface area contributed by atoms with Crippen LogP contribution < -0.4 is 10.1 Å². The van der Waals surface area contributed by atoms with Gasteiger partial charge in [-0.15, -0.1) is 0 Å². The van der Waals surface area contributed by atoms with Crippen LogP contribution >= 0.6 is 0 Å². The monoisotopic (exact) mass is 449 g/mol. The van der Waals surface area contributed by atoms with Gasteiger partial charge in [0, 0.05) is 42.6 Å². The van der Waals surface area contributed by atoms with E-state index in [4.69, 9.17) is 19.3 Å². The molecule has 5 rings (SSSR count). The Kier molecular flexibility index (Phi) is 5.89. The maximum Gasteiger partial charge on any atom is 0.304 e. The third-order valence-corrected chi connectivity index (χ3v) is 7.15. The van der Waals surface area contributed by atoms with Crippen molar-refractivity contribution in [3.8, 4) is 5.75 Å². The molecule has 3 aliphatic rings. The van der Waals surface area contributed by atoms with Crippen LogP contribution in [-0.2, 0) is 20.8 Å². The number of benzene rings is 2. The van der Waals surface area contributed by atoms with Gasteiger partial charge in [-0.3, -0.25) is 4.79 Å². The summed E-state index contributed by atoms with van der Waals surface area (Å²) in [5.41, 5.74) is 8.53. The molecule has 0 amide bonds. The molecule has 1 saturated heterocycles. The second-order valence-electron chi connectivity index (χ2n) is 9.29. The molecule has 1 aliphatic carbocycles. The van der Waals surface area contributed by atoms with Crippen LogP contribution in [-0.4, -0.2) is 36.7 Å². The van der Waals surface area contributed by atoms with E-state index in [-0.39, 0.29) is 12.3 Å². The molecule has 0 bridgehead atoms. The van der Waals surface area contributed by atoms with E-state index in [0.717, 1.165) is 36.3 Å². The summed E-state index contributed by atoms with van der Waals surface area (Å²) >= 11 is 0. The van der Waals surface area contributed by atoms with Crippen molar-refractivity contribution in [3.05, 3.63) is 64.2 Å². The van der Waals surface area contributed by atoms with Crippen molar-refractivity contribution in [1.82, 2.24) is 0 Å². The van der Waals surface area contributed by atoms with Crippen molar-refractivity contribution >= 4 is 17.2 Å². The minimum absolute atomic E-state index is 0.0728. The minimum atomic E-state index is -0.796. The number of carboxylic acids is 1. The van der Waals surface area contributed by atoms with E-state index in [1.807, 2.05) is 18.2 Å². The van der Waals surface area contributed by atoms with Crippen molar-refractivity contribution < 1.29 is 24.1 Å². The number of aryl methyl sites for hydroxylation is 1. The molecule has 2 aliphatic heterocycles. The fraction of sp³-hybridized carbons (Fsp3) is 0.444. The van der Waals surface area contributed by atoms with Crippen LogP contribution in [0, 0.1) is 13.8 Å². The maximum absolute atomic E-state index is 11.1. The predicted octanol–water partition coefficient (Wildman–Crippen LogP) is 5.18. The molecule has 0 radical (unpaired) electrons. The molecule has 33 heavy (non-hydrogen) atoms. The second kappa shape index (κ2) is 8.84. The van der Waals surface area contributed by atoms with Crippen LogP contribution in [0.4, 0.5) is 5.69 Å². The summed E-state index contributed by atoms with van der Waals surface area (Å²) in [6.45, 7) is 6.90. The first kappa shape index (κ1) is 22.0. The first-order valence-corrected chi connectivity index (χ1v) is 11.7. The standard InChI is InChI=1S/C27H31NO5/c1-17-3-4-20(18(2)26(17)19-7-9-27(10-8-19)32-11-12-33-27)15-28-22-5-6-23-21(13-25(29)30)16-31-24(23)14-22/h3-7,14,21,28H,8-13,15-16H2,1-2H3,(H,29,30). The van der Waals surface area contributed by atoms with Crippen LogP contribution in [0.2, 0.25) is 0 Å². The molecule has 0 saturated carbocycles. The number of anilines is 1. The van der Waals surface area contributed by atoms with Crippen LogP contribution in [0.1, 0.15) is 59.4 Å². The molecule has 6 nitrogen and oxygen atoms in total. The fourth-order valence-electron chi connectivity index (χ4n) is 5.33. The summed E-state index contributed by atoms with van der Waals surface area (Å²) < 4.78 is 17.5. The SMILES string of the molecule is Cc1ccc(CNc2ccc3c(c2)OCC3CC(=O)O)c(C)c1C1=CCC2(CC1)OCCO2. The highest BCUT2D eigenvalue weighted by atomic mass is 16.7. The normalized spacial score (nSPS) is 20.9. The van der Waals surface area contributed by atoms with Gasteiger partial charge in [-0.2, -0.15) is 0 Å². The highest BCUT2D eigenvalue weighted by Gasteiger charge is 2.38. The molecule has 2 aromatic carbocycles. The third-order valence-electron chi connectivity index (χ3n) is 7.15. The van der Waals surface area contributed by atoms with Gasteiger partial charge in [-0.05, 0) is 54.2 Å². The molecule has 2 aromatic rings. The maximum atomic E-state index is 11.1. The number of allylic oxidation sites excluding steroid dienone is 1. The Balaban J connectivity index is 1.30. The predicted molar refractivity (Wildman–Crippen MR) is 127 cm³/mol. The molecule has 1 unspecified atom stereocenters. The Morgan fingerprint density at radius 3 is 2.73 bits per heavy atom. The van der Waals surface area contributed by atoms with Crippen molar-refractivity contribution in [2.45, 2.75) is 57.8 Å². The van der Waals surface area contributed by atoms with Crippen LogP contribution in [0.5, 0.6) is 5.75 Å². The zero-order chi connectivity index (χ0) is 23.0. The Morgan fingerprint density at radius 1 is 1.18 bits per heavy atom. The van der Waals surface area contributed by atoms with Crippen molar-refractivity contribution in [2.24, 2.45) is 0 Å². The van der Waals surface area contributed by atoms with Gasteiger partial charge in [0.1, 0.15) is 5.75 Å². The van der Waals surface area contributed by atoms with E-state index < -0.39 is 11.8 Å². The smallest absolute Gasteiger partial charge is 0.304 e. The molecule has 6 heteroatoms. The molecule has 1 atom stereocenters. The molecular formula is C27H31NO5. The van der Waals surface area contributed by atoms with Crippen LogP contribution in [0.15, 0.2) is 36.4 Å². The number of hydrogen-bond donors (Lipinski definition) is 2. The summed E-state index contributed by atoms with van der Waals surface area (Å²) in [6.07, 6.45) is 5.06. The van der Waals surface area contributed by atoms with E-state index in [0.29, 0.717) is 26.4 Å². The second-order valence-corrected chi connectivity index (χ2v) is 9.29. The van der Waals surface area contributed by atoms with Crippen LogP contribution in [0.25, 0.3) is 5.57 Å². The molecule has 1 fully saturated rings. The lowest BCUT2D eigenvalue weighted by molar-refractivity contribution is -0.159. The summed E-state index contributed by atoms with van der Waals surface area (Å²) in [4.78, 5) is 11.1. The summed E-state index contributed by atoms with van der Waals surface area (Å²) in [5.74, 6) is -0.485. The minimum Gasteiger partial charge on any atom is -0.493 e. The summed E-state index contributed by atoms with van der Waals surface area (Å²) in [7, 11) is 0. The Morgan fingerprint density at radius 2 is 2.00 bits per heavy atom. The lowest BCUT2D eigenvalue weighted by Crippen LogP contribution is -2.31. The fourth-order valence-corrected chi connectivity index (χ4v) is 5.33. The van der Waals surface area contributed by atoms with E-state index in [1.165, 1.54) is 27.8 Å². The number of carbonyl (C=O) groups is 1. The molecule has 174 valence electrons. The van der Waals surface area contributed by atoms with Gasteiger partial charge < -0.3 is 24.6 Å². The van der Waals surface area contributed by atoms with E-state index >= 15 is 0 Å². The Bertz CT molecular complexity index is 1100. The quantitative estimate of drug-likeness (QED) is 0.633. The molecule has 0 aromatic heterocycles. The van der Waals surface area contributed by atoms with Crippen molar-refractivity contribution in [1.29, 1.82) is 0 Å². The number of fused-ring (bicyclic) bond motifs is 1. The topological polar surface area (TPSA) is 77.0 Å². The van der Waals surface area contributed by atoms with Crippen LogP contribution in [0.3, 0.4) is 0 Å². The zero-order valence-electron chi connectivity index (χ0n) is 19.3. The number of ether oxygens (including phenoxy) is 3. The average Bonchev–Trinajstić information content (AvgIpc) is 3.41. The van der Waals surface area contributed by atoms with Gasteiger partial charge in [-0.1, -0.05) is 24.3 Å². The Hall–Kier alpha value is -2.83. The largest absolute Gasteiger partial charge is 0.493 e. The van der Waals surface area contributed by atoms with Gasteiger partial charge in [0.2, 0.25) is 0 Å².